The van der Waals surface area contributed by atoms with Crippen molar-refractivity contribution in [2.45, 2.75) is 72.8 Å². The van der Waals surface area contributed by atoms with E-state index in [0.29, 0.717) is 19.0 Å². The van der Waals surface area contributed by atoms with Gasteiger partial charge in [0, 0.05) is 25.9 Å². The average Bonchev–Trinajstić information content (AvgIpc) is 3.08. The maximum Gasteiger partial charge on any atom is 0.243 e. The second-order valence-electron chi connectivity index (χ2n) is 9.07. The molecule has 1 heterocycles. The molecule has 0 spiro atoms. The molecule has 0 saturated heterocycles. The van der Waals surface area contributed by atoms with E-state index >= 15 is 0 Å². The number of nitrogens with zero attached hydrogens (tertiary/aromatic N) is 3. The van der Waals surface area contributed by atoms with Crippen LogP contribution in [0.2, 0.25) is 0 Å². The molecule has 0 saturated carbocycles. The van der Waals surface area contributed by atoms with E-state index in [2.05, 4.69) is 65.5 Å². The van der Waals surface area contributed by atoms with E-state index in [0.717, 1.165) is 45.1 Å². The Morgan fingerprint density at radius 1 is 1.24 bits per heavy atom. The van der Waals surface area contributed by atoms with Crippen molar-refractivity contribution >= 4 is 11.9 Å². The first-order valence-corrected chi connectivity index (χ1v) is 12.0. The fourth-order valence-electron chi connectivity index (χ4n) is 3.44. The Hall–Kier alpha value is -2.83. The third-order valence-electron chi connectivity index (χ3n) is 5.42. The van der Waals surface area contributed by atoms with Gasteiger partial charge in [-0.1, -0.05) is 36.3 Å². The maximum absolute atomic E-state index is 12.2. The Morgan fingerprint density at radius 2 is 2.00 bits per heavy atom. The average molecular weight is 458 g/mol. The minimum Gasteiger partial charge on any atom is -0.370 e. The molecule has 0 aliphatic heterocycles. The molecular weight excluding hydrogens is 412 g/mol. The third-order valence-corrected chi connectivity index (χ3v) is 5.42. The topological polar surface area (TPSA) is 102 Å². The van der Waals surface area contributed by atoms with Crippen LogP contribution in [0.15, 0.2) is 53.0 Å². The smallest absolute Gasteiger partial charge is 0.243 e. The maximum atomic E-state index is 12.2. The number of allylic oxidation sites excluding steroid dienone is 5. The lowest BCUT2D eigenvalue weighted by atomic mass is 10.0. The molecule has 0 radical (unpaired) electrons. The lowest BCUT2D eigenvalue weighted by molar-refractivity contribution is -0.696. The Labute approximate surface area is 200 Å². The summed E-state index contributed by atoms with van der Waals surface area (Å²) >= 11 is 0. The minimum atomic E-state index is -0.0328. The van der Waals surface area contributed by atoms with Gasteiger partial charge >= 0.3 is 0 Å². The summed E-state index contributed by atoms with van der Waals surface area (Å²) in [5.41, 5.74) is 14.7. The molecule has 0 aromatic carbocycles. The Kier molecular flexibility index (Phi) is 13.6. The predicted molar refractivity (Wildman–Crippen MR) is 138 cm³/mol. The van der Waals surface area contributed by atoms with Gasteiger partial charge in [0.05, 0.1) is 13.6 Å². The molecule has 1 unspecified atom stereocenters. The second-order valence-corrected chi connectivity index (χ2v) is 9.07. The molecular formula is C26H45N6O+. The number of imidazole rings is 1. The summed E-state index contributed by atoms with van der Waals surface area (Å²) < 4.78 is 4.21. The molecule has 0 bridgehead atoms. The van der Waals surface area contributed by atoms with Gasteiger partial charge < -0.3 is 16.8 Å². The van der Waals surface area contributed by atoms with Gasteiger partial charge in [0.25, 0.3) is 0 Å². The van der Waals surface area contributed by atoms with Crippen LogP contribution in [0.5, 0.6) is 0 Å². The number of rotatable bonds is 15. The lowest BCUT2D eigenvalue weighted by Crippen LogP contribution is -2.31. The van der Waals surface area contributed by atoms with Crippen LogP contribution in [0.3, 0.4) is 0 Å². The van der Waals surface area contributed by atoms with Gasteiger partial charge in [-0.15, -0.1) is 0 Å². The number of amides is 1. The number of aromatic nitrogens is 2. The van der Waals surface area contributed by atoms with Crippen molar-refractivity contribution < 1.29 is 9.36 Å². The van der Waals surface area contributed by atoms with E-state index in [9.17, 15) is 4.79 Å². The fourth-order valence-corrected chi connectivity index (χ4v) is 3.44. The summed E-state index contributed by atoms with van der Waals surface area (Å²) in [5, 5.41) is 2.98. The molecule has 0 aliphatic carbocycles. The van der Waals surface area contributed by atoms with Crippen molar-refractivity contribution in [2.75, 3.05) is 13.1 Å². The Morgan fingerprint density at radius 3 is 2.70 bits per heavy atom. The van der Waals surface area contributed by atoms with Crippen molar-refractivity contribution in [3.05, 3.63) is 53.7 Å². The van der Waals surface area contributed by atoms with Crippen LogP contribution in [0, 0.1) is 5.92 Å². The van der Waals surface area contributed by atoms with Gasteiger partial charge in [0.2, 0.25) is 12.2 Å². The van der Waals surface area contributed by atoms with Crippen LogP contribution in [0.25, 0.3) is 0 Å². The molecule has 0 aliphatic rings. The number of aliphatic imine (C=N–C) groups is 1. The van der Waals surface area contributed by atoms with Gasteiger partial charge in [-0.05, 0) is 58.4 Å². The van der Waals surface area contributed by atoms with Gasteiger partial charge in [-0.3, -0.25) is 9.79 Å². The zero-order chi connectivity index (χ0) is 24.6. The quantitative estimate of drug-likeness (QED) is 0.0940. The summed E-state index contributed by atoms with van der Waals surface area (Å²) in [4.78, 5) is 16.2. The number of guanidine groups is 1. The van der Waals surface area contributed by atoms with Crippen LogP contribution < -0.4 is 21.4 Å². The summed E-state index contributed by atoms with van der Waals surface area (Å²) in [6.45, 7) is 10.7. The van der Waals surface area contributed by atoms with Crippen LogP contribution >= 0.6 is 0 Å². The molecule has 1 rings (SSSR count). The molecule has 5 N–H and O–H groups in total. The van der Waals surface area contributed by atoms with Crippen LogP contribution in [0.1, 0.15) is 65.5 Å². The Balaban J connectivity index is 2.29. The molecule has 184 valence electrons. The third kappa shape index (κ3) is 14.0. The highest BCUT2D eigenvalue weighted by atomic mass is 16.1. The number of hydrogen-bond donors (Lipinski definition) is 3. The summed E-state index contributed by atoms with van der Waals surface area (Å²) in [7, 11) is 2.02. The summed E-state index contributed by atoms with van der Waals surface area (Å²) in [5.74, 6) is 0.476. The molecule has 1 atom stereocenters. The van der Waals surface area contributed by atoms with E-state index in [-0.39, 0.29) is 11.9 Å². The van der Waals surface area contributed by atoms with E-state index in [4.69, 9.17) is 11.5 Å². The van der Waals surface area contributed by atoms with Crippen molar-refractivity contribution in [3.8, 4) is 0 Å². The van der Waals surface area contributed by atoms with Crippen molar-refractivity contribution in [2.24, 2.45) is 29.4 Å². The zero-order valence-corrected chi connectivity index (χ0v) is 21.3. The normalized spacial score (nSPS) is 12.6. The zero-order valence-electron chi connectivity index (χ0n) is 21.3. The standard InChI is InChI=1S/C26H44N6O/c1-21(2)9-6-10-22(3)11-7-12-23(4)13-14-25(33)29-17-15-24-19-32(20-31(24)5)18-8-16-30-26(27)28/h9,11,13-14,19-20,23H,6-8,10,12,15-18H2,1-5H3,(H4-,27,28,29,30,33)/p+1. The molecule has 0 fully saturated rings. The minimum absolute atomic E-state index is 0.0328. The number of nitrogens with two attached hydrogens (primary N) is 2. The van der Waals surface area contributed by atoms with Crippen molar-refractivity contribution in [1.82, 2.24) is 9.88 Å². The Bertz CT molecular complexity index is 839. The van der Waals surface area contributed by atoms with Gasteiger partial charge in [0.1, 0.15) is 11.9 Å². The number of carbonyl (C=O) groups excluding carboxylic acids is 1. The highest BCUT2D eigenvalue weighted by Gasteiger charge is 2.10. The van der Waals surface area contributed by atoms with Gasteiger partial charge in [0.15, 0.2) is 5.96 Å². The predicted octanol–water partition coefficient (Wildman–Crippen LogP) is 3.30. The molecule has 7 nitrogen and oxygen atoms in total. The number of carbonyl (C=O) groups is 1. The number of nitrogens with one attached hydrogen (secondary N) is 1. The number of aryl methyl sites for hydroxylation is 2. The summed E-state index contributed by atoms with van der Waals surface area (Å²) in [6, 6.07) is 0. The highest BCUT2D eigenvalue weighted by molar-refractivity contribution is 5.87. The number of hydrogen-bond acceptors (Lipinski definition) is 2. The van der Waals surface area contributed by atoms with E-state index < -0.39 is 0 Å². The van der Waals surface area contributed by atoms with Crippen LogP contribution in [-0.4, -0.2) is 29.5 Å². The first kappa shape index (κ1) is 28.2. The van der Waals surface area contributed by atoms with Crippen LogP contribution in [0.4, 0.5) is 0 Å². The fraction of sp³-hybridized carbons (Fsp3) is 0.577. The largest absolute Gasteiger partial charge is 0.370 e. The first-order valence-electron chi connectivity index (χ1n) is 12.0. The lowest BCUT2D eigenvalue weighted by Gasteiger charge is -2.05. The van der Waals surface area contributed by atoms with Crippen molar-refractivity contribution in [1.29, 1.82) is 0 Å². The first-order chi connectivity index (χ1) is 15.7. The highest BCUT2D eigenvalue weighted by Crippen LogP contribution is 2.12. The van der Waals surface area contributed by atoms with Gasteiger partial charge in [-0.2, -0.15) is 0 Å². The molecule has 1 aromatic rings. The molecule has 33 heavy (non-hydrogen) atoms. The van der Waals surface area contributed by atoms with E-state index in [1.54, 1.807) is 6.08 Å². The van der Waals surface area contributed by atoms with Crippen molar-refractivity contribution in [3.63, 3.8) is 0 Å². The molecule has 1 aromatic heterocycles. The van der Waals surface area contributed by atoms with E-state index in [1.807, 2.05) is 19.5 Å². The monoisotopic (exact) mass is 457 g/mol. The van der Waals surface area contributed by atoms with Crippen LogP contribution in [-0.2, 0) is 24.8 Å². The second kappa shape index (κ2) is 15.9. The van der Waals surface area contributed by atoms with Gasteiger partial charge in [-0.25, -0.2) is 9.13 Å². The van der Waals surface area contributed by atoms with E-state index in [1.165, 1.54) is 16.8 Å². The SMILES string of the molecule is CC(C)=CCCC(C)=CCCC(C)C=CC(=O)NCCc1c[n+](CCCN=C(N)N)cn1C. The molecule has 7 heteroatoms. The molecule has 1 amide bonds. The summed E-state index contributed by atoms with van der Waals surface area (Å²) in [6.07, 6.45) is 18.4.